The number of nitrogens with one attached hydrogen (secondary N) is 1. The molecule has 122 valence electrons. The van der Waals surface area contributed by atoms with Gasteiger partial charge in [0.2, 0.25) is 0 Å². The molecule has 0 spiro atoms. The second-order valence-electron chi connectivity index (χ2n) is 5.52. The van der Waals surface area contributed by atoms with Crippen molar-refractivity contribution in [2.75, 3.05) is 13.7 Å². The molecule has 1 fully saturated rings. The van der Waals surface area contributed by atoms with Crippen molar-refractivity contribution in [2.45, 2.75) is 51.2 Å². The topological polar surface area (TPSA) is 77.8 Å². The highest BCUT2D eigenvalue weighted by molar-refractivity contribution is 5.96. The molecule has 0 aromatic carbocycles. The zero-order valence-corrected chi connectivity index (χ0v) is 13.1. The van der Waals surface area contributed by atoms with E-state index in [1.54, 1.807) is 26.2 Å². The van der Waals surface area contributed by atoms with Crippen LogP contribution in [0.3, 0.4) is 0 Å². The van der Waals surface area contributed by atoms with Gasteiger partial charge in [0.05, 0.1) is 6.61 Å². The van der Waals surface area contributed by atoms with Crippen molar-refractivity contribution in [1.29, 1.82) is 0 Å². The summed E-state index contributed by atoms with van der Waals surface area (Å²) < 4.78 is 15.5. The fourth-order valence-electron chi connectivity index (χ4n) is 2.80. The van der Waals surface area contributed by atoms with Crippen LogP contribution in [0.25, 0.3) is 0 Å². The third-order valence-electron chi connectivity index (χ3n) is 3.90. The van der Waals surface area contributed by atoms with Crippen LogP contribution in [0.2, 0.25) is 0 Å². The molecular formula is C16H23NO5. The van der Waals surface area contributed by atoms with E-state index in [0.717, 1.165) is 19.3 Å². The molecule has 1 aliphatic rings. The first-order valence-corrected chi connectivity index (χ1v) is 7.68. The maximum absolute atomic E-state index is 12.4. The predicted molar refractivity (Wildman–Crippen MR) is 79.3 cm³/mol. The Morgan fingerprint density at radius 2 is 2.00 bits per heavy atom. The van der Waals surface area contributed by atoms with Crippen LogP contribution in [-0.2, 0) is 20.9 Å². The molecule has 6 nitrogen and oxygen atoms in total. The molecule has 1 aromatic rings. The van der Waals surface area contributed by atoms with E-state index in [1.165, 1.54) is 0 Å². The molecular weight excluding hydrogens is 286 g/mol. The van der Waals surface area contributed by atoms with Crippen molar-refractivity contribution in [3.8, 4) is 0 Å². The molecule has 1 amide bonds. The van der Waals surface area contributed by atoms with E-state index in [0.29, 0.717) is 31.8 Å². The van der Waals surface area contributed by atoms with Crippen LogP contribution in [0.1, 0.15) is 55.3 Å². The summed E-state index contributed by atoms with van der Waals surface area (Å²) in [5, 5.41) is 2.84. The van der Waals surface area contributed by atoms with Gasteiger partial charge in [0.15, 0.2) is 5.76 Å². The van der Waals surface area contributed by atoms with Crippen LogP contribution in [0.4, 0.5) is 0 Å². The van der Waals surface area contributed by atoms with E-state index in [9.17, 15) is 9.59 Å². The maximum Gasteiger partial charge on any atom is 0.331 e. The van der Waals surface area contributed by atoms with Gasteiger partial charge in [0, 0.05) is 7.11 Å². The Labute approximate surface area is 130 Å². The van der Waals surface area contributed by atoms with Gasteiger partial charge < -0.3 is 19.2 Å². The average Bonchev–Trinajstić information content (AvgIpc) is 2.97. The van der Waals surface area contributed by atoms with E-state index < -0.39 is 11.4 Å². The Hall–Kier alpha value is -1.82. The molecule has 2 rings (SSSR count). The Bertz CT molecular complexity index is 516. The minimum Gasteiger partial charge on any atom is -0.464 e. The molecule has 6 heteroatoms. The lowest BCUT2D eigenvalue weighted by atomic mass is 9.81. The first kappa shape index (κ1) is 16.5. The molecule has 0 atom stereocenters. The predicted octanol–water partition coefficient (Wildman–Crippen LogP) is 2.42. The van der Waals surface area contributed by atoms with Gasteiger partial charge in [-0.3, -0.25) is 4.79 Å². The van der Waals surface area contributed by atoms with Crippen LogP contribution in [-0.4, -0.2) is 31.1 Å². The number of amides is 1. The number of hydrogen-bond donors (Lipinski definition) is 1. The number of carbonyl (C=O) groups is 2. The summed E-state index contributed by atoms with van der Waals surface area (Å²) in [6.45, 7) is 2.37. The minimum absolute atomic E-state index is 0.182. The Morgan fingerprint density at radius 1 is 1.27 bits per heavy atom. The lowest BCUT2D eigenvalue weighted by molar-refractivity contribution is -0.152. The second kappa shape index (κ2) is 7.45. The first-order valence-electron chi connectivity index (χ1n) is 7.68. The molecule has 0 aliphatic heterocycles. The Kier molecular flexibility index (Phi) is 5.60. The average molecular weight is 309 g/mol. The van der Waals surface area contributed by atoms with Gasteiger partial charge in [-0.25, -0.2) is 4.79 Å². The summed E-state index contributed by atoms with van der Waals surface area (Å²) in [7, 11) is 1.56. The van der Waals surface area contributed by atoms with Crippen LogP contribution >= 0.6 is 0 Å². The summed E-state index contributed by atoms with van der Waals surface area (Å²) in [4.78, 5) is 24.7. The lowest BCUT2D eigenvalue weighted by Gasteiger charge is -2.35. The second-order valence-corrected chi connectivity index (χ2v) is 5.52. The number of carbonyl (C=O) groups excluding carboxylic acids is 2. The van der Waals surface area contributed by atoms with Crippen molar-refractivity contribution in [3.05, 3.63) is 23.7 Å². The zero-order valence-electron chi connectivity index (χ0n) is 13.1. The number of ether oxygens (including phenoxy) is 2. The molecule has 22 heavy (non-hydrogen) atoms. The van der Waals surface area contributed by atoms with Crippen LogP contribution in [0, 0.1) is 0 Å². The van der Waals surface area contributed by atoms with E-state index in [-0.39, 0.29) is 11.7 Å². The molecule has 1 saturated carbocycles. The van der Waals surface area contributed by atoms with Crippen molar-refractivity contribution in [1.82, 2.24) is 5.32 Å². The quantitative estimate of drug-likeness (QED) is 0.817. The highest BCUT2D eigenvalue weighted by Gasteiger charge is 2.42. The minimum atomic E-state index is -0.931. The number of esters is 1. The summed E-state index contributed by atoms with van der Waals surface area (Å²) in [5.74, 6) is 0.00630. The Balaban J connectivity index is 2.11. The van der Waals surface area contributed by atoms with Gasteiger partial charge in [0.25, 0.3) is 5.91 Å². The van der Waals surface area contributed by atoms with Crippen LogP contribution in [0.5, 0.6) is 0 Å². The Morgan fingerprint density at radius 3 is 2.64 bits per heavy atom. The SMILES string of the molecule is CCOC(=O)C1(NC(=O)c2ccc(COC)o2)CCCCC1. The fourth-order valence-corrected chi connectivity index (χ4v) is 2.80. The number of furan rings is 1. The van der Waals surface area contributed by atoms with Crippen molar-refractivity contribution in [2.24, 2.45) is 0 Å². The van der Waals surface area contributed by atoms with Gasteiger partial charge in [0.1, 0.15) is 17.9 Å². The molecule has 0 bridgehead atoms. The van der Waals surface area contributed by atoms with Gasteiger partial charge in [-0.15, -0.1) is 0 Å². The summed E-state index contributed by atoms with van der Waals surface area (Å²) in [6.07, 6.45) is 4.06. The molecule has 0 unspecified atom stereocenters. The normalized spacial score (nSPS) is 17.0. The molecule has 1 N–H and O–H groups in total. The highest BCUT2D eigenvalue weighted by Crippen LogP contribution is 2.30. The summed E-state index contributed by atoms with van der Waals surface area (Å²) in [5.41, 5.74) is -0.931. The summed E-state index contributed by atoms with van der Waals surface area (Å²) in [6, 6.07) is 3.28. The van der Waals surface area contributed by atoms with Crippen molar-refractivity contribution in [3.63, 3.8) is 0 Å². The number of methoxy groups -OCH3 is 1. The molecule has 0 radical (unpaired) electrons. The highest BCUT2D eigenvalue weighted by atomic mass is 16.5. The fraction of sp³-hybridized carbons (Fsp3) is 0.625. The third kappa shape index (κ3) is 3.68. The van der Waals surface area contributed by atoms with Crippen molar-refractivity contribution < 1.29 is 23.5 Å². The van der Waals surface area contributed by atoms with E-state index in [1.807, 2.05) is 0 Å². The van der Waals surface area contributed by atoms with Crippen LogP contribution in [0.15, 0.2) is 16.5 Å². The largest absolute Gasteiger partial charge is 0.464 e. The van der Waals surface area contributed by atoms with Crippen LogP contribution < -0.4 is 5.32 Å². The molecule has 1 aliphatic carbocycles. The summed E-state index contributed by atoms with van der Waals surface area (Å²) >= 11 is 0. The smallest absolute Gasteiger partial charge is 0.331 e. The van der Waals surface area contributed by atoms with Gasteiger partial charge in [-0.1, -0.05) is 19.3 Å². The standard InChI is InChI=1S/C16H23NO5/c1-3-21-15(19)16(9-5-4-6-10-16)17-14(18)13-8-7-12(22-13)11-20-2/h7-8H,3-6,9-11H2,1-2H3,(H,17,18). The number of hydrogen-bond acceptors (Lipinski definition) is 5. The maximum atomic E-state index is 12.4. The van der Waals surface area contributed by atoms with Gasteiger partial charge >= 0.3 is 5.97 Å². The van der Waals surface area contributed by atoms with E-state index in [4.69, 9.17) is 13.9 Å². The van der Waals surface area contributed by atoms with Crippen molar-refractivity contribution >= 4 is 11.9 Å². The van der Waals surface area contributed by atoms with Gasteiger partial charge in [-0.2, -0.15) is 0 Å². The molecule has 0 saturated heterocycles. The molecule has 1 heterocycles. The zero-order chi connectivity index (χ0) is 16.0. The van der Waals surface area contributed by atoms with E-state index >= 15 is 0 Å². The third-order valence-corrected chi connectivity index (χ3v) is 3.90. The first-order chi connectivity index (χ1) is 10.6. The van der Waals surface area contributed by atoms with Gasteiger partial charge in [-0.05, 0) is 31.9 Å². The monoisotopic (exact) mass is 309 g/mol. The number of rotatable bonds is 6. The lowest BCUT2D eigenvalue weighted by Crippen LogP contribution is -2.56. The van der Waals surface area contributed by atoms with E-state index in [2.05, 4.69) is 5.32 Å². The molecule has 1 aromatic heterocycles.